The van der Waals surface area contributed by atoms with Gasteiger partial charge in [0.25, 0.3) is 0 Å². The van der Waals surface area contributed by atoms with Gasteiger partial charge in [0.05, 0.1) is 18.8 Å². The lowest BCUT2D eigenvalue weighted by atomic mass is 9.92. The van der Waals surface area contributed by atoms with Gasteiger partial charge in [-0.25, -0.2) is 0 Å². The van der Waals surface area contributed by atoms with E-state index >= 15 is 0 Å². The van der Waals surface area contributed by atoms with Crippen LogP contribution in [-0.2, 0) is 15.9 Å². The number of rotatable bonds is 8. The monoisotopic (exact) mass is 251 g/mol. The average molecular weight is 251 g/mol. The molecule has 0 aliphatic carbocycles. The molecule has 0 unspecified atom stereocenters. The Kier molecular flexibility index (Phi) is 6.33. The number of methoxy groups -OCH3 is 2. The maximum Gasteiger partial charge on any atom is 0.0667 e. The van der Waals surface area contributed by atoms with Crippen LogP contribution in [0.25, 0.3) is 0 Å². The molecular weight excluding hydrogens is 226 g/mol. The minimum atomic E-state index is -0.103. The Balaban J connectivity index is 2.63. The standard InChI is InChI=1S/C15H25NO2/c1-13-5-7-14(8-6-13)9-10-15(16-2,11-17-3)12-18-4/h5-8,16H,9-12H2,1-4H3. The quantitative estimate of drug-likeness (QED) is 0.768. The van der Waals surface area contributed by atoms with Gasteiger partial charge in [-0.1, -0.05) is 29.8 Å². The Labute approximate surface area is 110 Å². The highest BCUT2D eigenvalue weighted by molar-refractivity contribution is 5.21. The molecule has 0 bridgehead atoms. The average Bonchev–Trinajstić information content (AvgIpc) is 2.38. The van der Waals surface area contributed by atoms with E-state index in [1.54, 1.807) is 14.2 Å². The summed E-state index contributed by atoms with van der Waals surface area (Å²) in [5.41, 5.74) is 2.55. The van der Waals surface area contributed by atoms with Crippen molar-refractivity contribution in [3.8, 4) is 0 Å². The van der Waals surface area contributed by atoms with Crippen molar-refractivity contribution in [1.29, 1.82) is 0 Å². The van der Waals surface area contributed by atoms with Gasteiger partial charge >= 0.3 is 0 Å². The molecule has 0 saturated heterocycles. The second-order valence-corrected chi connectivity index (χ2v) is 4.88. The number of hydrogen-bond acceptors (Lipinski definition) is 3. The van der Waals surface area contributed by atoms with Crippen LogP contribution in [0, 0.1) is 6.92 Å². The smallest absolute Gasteiger partial charge is 0.0667 e. The molecule has 0 spiro atoms. The van der Waals surface area contributed by atoms with E-state index in [4.69, 9.17) is 9.47 Å². The predicted octanol–water partition coefficient (Wildman–Crippen LogP) is 2.18. The van der Waals surface area contributed by atoms with Gasteiger partial charge in [0.1, 0.15) is 0 Å². The van der Waals surface area contributed by atoms with Crippen LogP contribution < -0.4 is 5.32 Å². The van der Waals surface area contributed by atoms with Crippen LogP contribution in [0.1, 0.15) is 17.5 Å². The molecule has 0 saturated carbocycles. The van der Waals surface area contributed by atoms with Crippen LogP contribution >= 0.6 is 0 Å². The third-order valence-electron chi connectivity index (χ3n) is 3.38. The lowest BCUT2D eigenvalue weighted by Crippen LogP contribution is -2.51. The van der Waals surface area contributed by atoms with E-state index in [0.717, 1.165) is 12.8 Å². The molecule has 102 valence electrons. The summed E-state index contributed by atoms with van der Waals surface area (Å²) in [6, 6.07) is 8.69. The molecule has 0 radical (unpaired) electrons. The minimum absolute atomic E-state index is 0.103. The van der Waals surface area contributed by atoms with Gasteiger partial charge in [-0.05, 0) is 32.4 Å². The second-order valence-electron chi connectivity index (χ2n) is 4.88. The van der Waals surface area contributed by atoms with E-state index < -0.39 is 0 Å². The first-order valence-corrected chi connectivity index (χ1v) is 6.38. The highest BCUT2D eigenvalue weighted by atomic mass is 16.5. The van der Waals surface area contributed by atoms with Gasteiger partial charge in [-0.3, -0.25) is 0 Å². The zero-order valence-corrected chi connectivity index (χ0v) is 12.0. The van der Waals surface area contributed by atoms with Crippen molar-refractivity contribution in [1.82, 2.24) is 5.32 Å². The molecular formula is C15H25NO2. The third-order valence-corrected chi connectivity index (χ3v) is 3.38. The van der Waals surface area contributed by atoms with Crippen molar-refractivity contribution in [3.05, 3.63) is 35.4 Å². The normalized spacial score (nSPS) is 11.8. The molecule has 1 rings (SSSR count). The molecule has 3 heteroatoms. The highest BCUT2D eigenvalue weighted by Gasteiger charge is 2.27. The zero-order chi connectivity index (χ0) is 13.4. The van der Waals surface area contributed by atoms with E-state index in [2.05, 4.69) is 36.5 Å². The Morgan fingerprint density at radius 2 is 1.61 bits per heavy atom. The summed E-state index contributed by atoms with van der Waals surface area (Å²) in [5.74, 6) is 0. The number of ether oxygens (including phenoxy) is 2. The maximum absolute atomic E-state index is 5.32. The number of hydrogen-bond donors (Lipinski definition) is 1. The molecule has 1 N–H and O–H groups in total. The fraction of sp³-hybridized carbons (Fsp3) is 0.600. The van der Waals surface area contributed by atoms with Crippen molar-refractivity contribution in [2.24, 2.45) is 0 Å². The summed E-state index contributed by atoms with van der Waals surface area (Å²) < 4.78 is 10.6. The summed E-state index contributed by atoms with van der Waals surface area (Å²) in [4.78, 5) is 0. The number of nitrogens with one attached hydrogen (secondary N) is 1. The van der Waals surface area contributed by atoms with Crippen LogP contribution in [0.5, 0.6) is 0 Å². The highest BCUT2D eigenvalue weighted by Crippen LogP contribution is 2.16. The van der Waals surface area contributed by atoms with Gasteiger partial charge in [0.2, 0.25) is 0 Å². The number of likely N-dealkylation sites (N-methyl/N-ethyl adjacent to an activating group) is 1. The molecule has 18 heavy (non-hydrogen) atoms. The first kappa shape index (κ1) is 15.2. The van der Waals surface area contributed by atoms with Crippen molar-refractivity contribution < 1.29 is 9.47 Å². The lowest BCUT2D eigenvalue weighted by molar-refractivity contribution is 0.0412. The molecule has 1 aromatic carbocycles. The van der Waals surface area contributed by atoms with Crippen molar-refractivity contribution in [2.75, 3.05) is 34.5 Å². The molecule has 0 aromatic heterocycles. The van der Waals surface area contributed by atoms with E-state index in [1.165, 1.54) is 11.1 Å². The molecule has 0 heterocycles. The molecule has 0 fully saturated rings. The van der Waals surface area contributed by atoms with Crippen LogP contribution in [0.15, 0.2) is 24.3 Å². The van der Waals surface area contributed by atoms with Crippen LogP contribution in [0.3, 0.4) is 0 Å². The zero-order valence-electron chi connectivity index (χ0n) is 12.0. The molecule has 0 aliphatic rings. The Morgan fingerprint density at radius 1 is 1.06 bits per heavy atom. The van der Waals surface area contributed by atoms with E-state index in [0.29, 0.717) is 13.2 Å². The van der Waals surface area contributed by atoms with Gasteiger partial charge in [0.15, 0.2) is 0 Å². The Morgan fingerprint density at radius 3 is 2.06 bits per heavy atom. The van der Waals surface area contributed by atoms with Crippen LogP contribution in [0.4, 0.5) is 0 Å². The molecule has 1 aromatic rings. The summed E-state index contributed by atoms with van der Waals surface area (Å²) in [6.07, 6.45) is 2.02. The van der Waals surface area contributed by atoms with E-state index in [9.17, 15) is 0 Å². The van der Waals surface area contributed by atoms with Crippen LogP contribution in [0.2, 0.25) is 0 Å². The van der Waals surface area contributed by atoms with Gasteiger partial charge in [-0.15, -0.1) is 0 Å². The minimum Gasteiger partial charge on any atom is -0.383 e. The topological polar surface area (TPSA) is 30.5 Å². The summed E-state index contributed by atoms with van der Waals surface area (Å²) in [7, 11) is 5.43. The first-order valence-electron chi connectivity index (χ1n) is 6.38. The molecule has 3 nitrogen and oxygen atoms in total. The van der Waals surface area contributed by atoms with E-state index in [-0.39, 0.29) is 5.54 Å². The molecule has 0 atom stereocenters. The fourth-order valence-electron chi connectivity index (χ4n) is 2.15. The SMILES string of the molecule is CNC(CCc1ccc(C)cc1)(COC)COC. The Hall–Kier alpha value is -0.900. The summed E-state index contributed by atoms with van der Waals surface area (Å²) in [5, 5.41) is 3.35. The molecule has 0 amide bonds. The van der Waals surface area contributed by atoms with Crippen molar-refractivity contribution in [3.63, 3.8) is 0 Å². The van der Waals surface area contributed by atoms with E-state index in [1.807, 2.05) is 7.05 Å². The maximum atomic E-state index is 5.32. The van der Waals surface area contributed by atoms with Gasteiger partial charge in [0, 0.05) is 14.2 Å². The van der Waals surface area contributed by atoms with Crippen LogP contribution in [-0.4, -0.2) is 40.0 Å². The summed E-state index contributed by atoms with van der Waals surface area (Å²) in [6.45, 7) is 3.42. The first-order chi connectivity index (χ1) is 8.65. The Bertz CT molecular complexity index is 329. The summed E-state index contributed by atoms with van der Waals surface area (Å²) >= 11 is 0. The lowest BCUT2D eigenvalue weighted by Gasteiger charge is -2.32. The van der Waals surface area contributed by atoms with Gasteiger partial charge in [-0.2, -0.15) is 0 Å². The number of benzene rings is 1. The molecule has 0 aliphatic heterocycles. The number of aryl methyl sites for hydroxylation is 2. The fourth-order valence-corrected chi connectivity index (χ4v) is 2.15. The predicted molar refractivity (Wildman–Crippen MR) is 75.0 cm³/mol. The van der Waals surface area contributed by atoms with Crippen molar-refractivity contribution in [2.45, 2.75) is 25.3 Å². The largest absolute Gasteiger partial charge is 0.383 e. The second kappa shape index (κ2) is 7.52. The van der Waals surface area contributed by atoms with Crippen molar-refractivity contribution >= 4 is 0 Å². The van der Waals surface area contributed by atoms with Gasteiger partial charge < -0.3 is 14.8 Å². The third kappa shape index (κ3) is 4.41.